The molecule has 0 bridgehead atoms. The van der Waals surface area contributed by atoms with Gasteiger partial charge in [0.15, 0.2) is 0 Å². The molecule has 1 aromatic rings. The Morgan fingerprint density at radius 2 is 1.86 bits per heavy atom. The van der Waals surface area contributed by atoms with E-state index in [1.807, 2.05) is 0 Å². The summed E-state index contributed by atoms with van der Waals surface area (Å²) in [6.45, 7) is 2.30. The lowest BCUT2D eigenvalue weighted by molar-refractivity contribution is -0.0143. The molecule has 0 saturated carbocycles. The minimum absolute atomic E-state index is 0.240. The largest absolute Gasteiger partial charge is 0.372 e. The third kappa shape index (κ3) is 4.21. The Labute approximate surface area is 120 Å². The summed E-state index contributed by atoms with van der Waals surface area (Å²) < 4.78 is 29.0. The molecule has 0 spiro atoms. The molecule has 1 rings (SSSR count). The Morgan fingerprint density at radius 1 is 1.33 bits per heavy atom. The van der Waals surface area contributed by atoms with E-state index < -0.39 is 33.0 Å². The smallest absolute Gasteiger partial charge is 0.371 e. The van der Waals surface area contributed by atoms with Gasteiger partial charge in [0.05, 0.1) is 12.7 Å². The van der Waals surface area contributed by atoms with E-state index in [0.717, 1.165) is 0 Å². The lowest BCUT2D eigenvalue weighted by Gasteiger charge is -2.30. The number of imidazole rings is 1. The molecule has 21 heavy (non-hydrogen) atoms. The van der Waals surface area contributed by atoms with Gasteiger partial charge in [-0.25, -0.2) is 4.98 Å². The number of nitrogens with zero attached hydrogens (tertiary/aromatic N) is 2. The molecule has 1 heterocycles. The van der Waals surface area contributed by atoms with Crippen molar-refractivity contribution in [1.29, 1.82) is 0 Å². The van der Waals surface area contributed by atoms with Gasteiger partial charge in [-0.2, -0.15) is 0 Å². The average molecular weight is 344 g/mol. The van der Waals surface area contributed by atoms with Gasteiger partial charge in [0.1, 0.15) is 5.82 Å². The van der Waals surface area contributed by atoms with Crippen molar-refractivity contribution in [3.63, 3.8) is 0 Å². The highest BCUT2D eigenvalue weighted by Crippen LogP contribution is 2.67. The summed E-state index contributed by atoms with van der Waals surface area (Å²) in [6, 6.07) is 0. The second-order valence-corrected chi connectivity index (χ2v) is 8.62. The van der Waals surface area contributed by atoms with Crippen LogP contribution in [-0.2, 0) is 20.4 Å². The first kappa shape index (κ1) is 18.5. The molecule has 0 aliphatic carbocycles. The third-order valence-corrected chi connectivity index (χ3v) is 6.56. The number of aryl methyl sites for hydroxylation is 1. The second-order valence-electron chi connectivity index (χ2n) is 4.61. The van der Waals surface area contributed by atoms with E-state index in [4.69, 9.17) is 24.3 Å². The molecule has 122 valence electrons. The number of rotatable bonds is 7. The Morgan fingerprint density at radius 3 is 2.24 bits per heavy atom. The minimum Gasteiger partial charge on any atom is -0.372 e. The highest BCUT2D eigenvalue weighted by molar-refractivity contribution is 7.72. The van der Waals surface area contributed by atoms with Crippen molar-refractivity contribution < 1.29 is 38.5 Å². The number of hydrogen-bond acceptors (Lipinski definition) is 5. The number of ether oxygens (including phenoxy) is 1. The Kier molecular flexibility index (Phi) is 5.52. The van der Waals surface area contributed by atoms with Gasteiger partial charge in [0, 0.05) is 18.9 Å². The van der Waals surface area contributed by atoms with Crippen LogP contribution in [0.15, 0.2) is 12.4 Å². The molecular weight excluding hydrogens is 326 g/mol. The molecule has 0 aliphatic rings. The zero-order chi connectivity index (χ0) is 16.5. The number of hydrogen-bond donors (Lipinski definition) is 5. The molecule has 1 unspecified atom stereocenters. The van der Waals surface area contributed by atoms with Crippen molar-refractivity contribution in [2.24, 2.45) is 0 Å². The molecule has 10 nitrogen and oxygen atoms in total. The molecule has 0 fully saturated rings. The van der Waals surface area contributed by atoms with Crippen LogP contribution in [-0.4, -0.2) is 52.0 Å². The van der Waals surface area contributed by atoms with Gasteiger partial charge in [-0.15, -0.1) is 0 Å². The van der Waals surface area contributed by atoms with Crippen molar-refractivity contribution in [3.05, 3.63) is 18.2 Å². The first-order chi connectivity index (χ1) is 9.38. The zero-order valence-corrected chi connectivity index (χ0v) is 13.2. The van der Waals surface area contributed by atoms with E-state index in [-0.39, 0.29) is 6.54 Å². The predicted molar refractivity (Wildman–Crippen MR) is 71.4 cm³/mol. The van der Waals surface area contributed by atoms with Crippen LogP contribution in [0, 0.1) is 6.92 Å². The molecule has 0 aromatic carbocycles. The minimum atomic E-state index is -5.50. The molecule has 5 N–H and O–H groups in total. The van der Waals surface area contributed by atoms with Crippen molar-refractivity contribution in [2.45, 2.75) is 31.6 Å². The fourth-order valence-electron chi connectivity index (χ4n) is 1.52. The second kappa shape index (κ2) is 6.28. The molecule has 1 atom stereocenters. The van der Waals surface area contributed by atoms with E-state index in [1.54, 1.807) is 23.9 Å². The maximum absolute atomic E-state index is 11.1. The van der Waals surface area contributed by atoms with Gasteiger partial charge in [0.25, 0.3) is 5.08 Å². The van der Waals surface area contributed by atoms with E-state index in [2.05, 4.69) is 4.98 Å². The summed E-state index contributed by atoms with van der Waals surface area (Å²) >= 11 is 0. The third-order valence-electron chi connectivity index (χ3n) is 2.87. The first-order valence-electron chi connectivity index (χ1n) is 5.81. The SMILES string of the molecule is Cc1nccn1CC(C)OCC(O)(P(=O)(O)O)P(=O)(O)O. The predicted octanol–water partition coefficient (Wildman–Crippen LogP) is -0.402. The summed E-state index contributed by atoms with van der Waals surface area (Å²) in [6.07, 6.45) is 2.53. The van der Waals surface area contributed by atoms with Crippen LogP contribution in [0.2, 0.25) is 0 Å². The quantitative estimate of drug-likeness (QED) is 0.414. The lowest BCUT2D eigenvalue weighted by atomic mass is 10.4. The van der Waals surface area contributed by atoms with Gasteiger partial charge >= 0.3 is 15.2 Å². The maximum Gasteiger partial charge on any atom is 0.371 e. The highest BCUT2D eigenvalue weighted by Gasteiger charge is 2.60. The fraction of sp³-hybridized carbons (Fsp3) is 0.667. The Balaban J connectivity index is 2.77. The van der Waals surface area contributed by atoms with Crippen LogP contribution >= 0.6 is 15.2 Å². The van der Waals surface area contributed by atoms with E-state index in [0.29, 0.717) is 5.82 Å². The molecule has 0 amide bonds. The molecular formula is C9H18N2O8P2. The molecule has 0 saturated heterocycles. The molecule has 1 aromatic heterocycles. The van der Waals surface area contributed by atoms with Gasteiger partial charge in [-0.05, 0) is 13.8 Å². The van der Waals surface area contributed by atoms with Crippen LogP contribution in [0.3, 0.4) is 0 Å². The zero-order valence-electron chi connectivity index (χ0n) is 11.4. The molecule has 0 aliphatic heterocycles. The van der Waals surface area contributed by atoms with Gasteiger partial charge in [-0.1, -0.05) is 0 Å². The summed E-state index contributed by atoms with van der Waals surface area (Å²) in [5.74, 6) is 0.672. The van der Waals surface area contributed by atoms with Crippen LogP contribution in [0.25, 0.3) is 0 Å². The molecule has 12 heteroatoms. The Hall–Kier alpha value is -0.570. The highest BCUT2D eigenvalue weighted by atomic mass is 31.2. The molecule has 0 radical (unpaired) electrons. The van der Waals surface area contributed by atoms with E-state index in [1.165, 1.54) is 6.92 Å². The van der Waals surface area contributed by atoms with Gasteiger partial charge in [0.2, 0.25) is 0 Å². The monoisotopic (exact) mass is 344 g/mol. The maximum atomic E-state index is 11.1. The van der Waals surface area contributed by atoms with Crippen LogP contribution in [0.1, 0.15) is 12.7 Å². The topological polar surface area (TPSA) is 162 Å². The average Bonchev–Trinajstić information content (AvgIpc) is 2.69. The summed E-state index contributed by atoms with van der Waals surface area (Å²) in [7, 11) is -11.0. The van der Waals surface area contributed by atoms with Crippen LogP contribution in [0.4, 0.5) is 0 Å². The first-order valence-corrected chi connectivity index (χ1v) is 9.04. The number of aliphatic hydroxyl groups is 1. The van der Waals surface area contributed by atoms with E-state index >= 15 is 0 Å². The lowest BCUT2D eigenvalue weighted by Crippen LogP contribution is -2.36. The number of aromatic nitrogens is 2. The summed E-state index contributed by atoms with van der Waals surface area (Å²) in [5, 5.41) is 6.09. The van der Waals surface area contributed by atoms with Crippen molar-refractivity contribution in [3.8, 4) is 0 Å². The fourth-order valence-corrected chi connectivity index (χ4v) is 3.36. The summed E-state index contributed by atoms with van der Waals surface area (Å²) in [4.78, 5) is 39.8. The van der Waals surface area contributed by atoms with Crippen molar-refractivity contribution >= 4 is 15.2 Å². The Bertz CT molecular complexity index is 554. The normalized spacial score (nSPS) is 15.2. The van der Waals surface area contributed by atoms with Gasteiger partial charge < -0.3 is 34.0 Å². The van der Waals surface area contributed by atoms with Crippen molar-refractivity contribution in [1.82, 2.24) is 9.55 Å². The van der Waals surface area contributed by atoms with Crippen molar-refractivity contribution in [2.75, 3.05) is 6.61 Å². The van der Waals surface area contributed by atoms with Crippen LogP contribution < -0.4 is 0 Å². The summed E-state index contributed by atoms with van der Waals surface area (Å²) in [5.41, 5.74) is 0. The standard InChI is InChI=1S/C9H18N2O8P2/c1-7(5-11-4-3-10-8(11)2)19-6-9(12,20(13,14)15)21(16,17)18/h3-4,7,12H,5-6H2,1-2H3,(H2,13,14,15)(H2,16,17,18). The van der Waals surface area contributed by atoms with Crippen LogP contribution in [0.5, 0.6) is 0 Å². The van der Waals surface area contributed by atoms with Gasteiger partial charge in [-0.3, -0.25) is 9.13 Å². The van der Waals surface area contributed by atoms with E-state index in [9.17, 15) is 14.2 Å².